The van der Waals surface area contributed by atoms with Gasteiger partial charge >= 0.3 is 0 Å². The van der Waals surface area contributed by atoms with Crippen LogP contribution in [0.1, 0.15) is 10.6 Å². The number of thiazole rings is 1. The maximum Gasteiger partial charge on any atom is 0.134 e. The van der Waals surface area contributed by atoms with Crippen LogP contribution in [0.5, 0.6) is 5.75 Å². The number of hydrogen-bond acceptors (Lipinski definition) is 4. The number of nitriles is 1. The van der Waals surface area contributed by atoms with Gasteiger partial charge in [-0.25, -0.2) is 4.98 Å². The molecule has 0 aliphatic rings. The maximum absolute atomic E-state index is 9.50. The van der Waals surface area contributed by atoms with Crippen LogP contribution < -0.4 is 0 Å². The summed E-state index contributed by atoms with van der Waals surface area (Å²) in [5.74, 6) is 0.176. The van der Waals surface area contributed by atoms with E-state index < -0.39 is 0 Å². The van der Waals surface area contributed by atoms with E-state index in [0.29, 0.717) is 10.6 Å². The lowest BCUT2D eigenvalue weighted by Gasteiger charge is -1.97. The van der Waals surface area contributed by atoms with Crippen LogP contribution in [0.15, 0.2) is 60.0 Å². The first kappa shape index (κ1) is 14.1. The van der Waals surface area contributed by atoms with Crippen molar-refractivity contribution in [2.24, 2.45) is 0 Å². The first-order chi connectivity index (χ1) is 10.8. The first-order valence-electron chi connectivity index (χ1n) is 6.68. The third kappa shape index (κ3) is 3.05. The number of phenolic OH excluding ortho intramolecular Hbond substituents is 1. The van der Waals surface area contributed by atoms with Gasteiger partial charge in [-0.2, -0.15) is 5.26 Å². The molecule has 1 aromatic heterocycles. The smallest absolute Gasteiger partial charge is 0.134 e. The first-order valence-corrected chi connectivity index (χ1v) is 7.56. The van der Waals surface area contributed by atoms with Crippen molar-refractivity contribution >= 4 is 23.0 Å². The van der Waals surface area contributed by atoms with E-state index in [1.807, 2.05) is 41.8 Å². The predicted molar refractivity (Wildman–Crippen MR) is 89.1 cm³/mol. The lowest BCUT2D eigenvalue weighted by molar-refractivity contribution is 0.475. The van der Waals surface area contributed by atoms with Crippen molar-refractivity contribution in [3.05, 3.63) is 70.5 Å². The molecule has 0 unspecified atom stereocenters. The molecule has 0 aliphatic carbocycles. The zero-order valence-electron chi connectivity index (χ0n) is 11.6. The second kappa shape index (κ2) is 6.25. The summed E-state index contributed by atoms with van der Waals surface area (Å²) in [6.07, 6.45) is 1.73. The van der Waals surface area contributed by atoms with Gasteiger partial charge in [0.25, 0.3) is 0 Å². The summed E-state index contributed by atoms with van der Waals surface area (Å²) in [6, 6.07) is 18.8. The molecular weight excluding hydrogens is 292 g/mol. The largest absolute Gasteiger partial charge is 0.508 e. The summed E-state index contributed by atoms with van der Waals surface area (Å²) in [5.41, 5.74) is 3.14. The Morgan fingerprint density at radius 3 is 2.68 bits per heavy atom. The van der Waals surface area contributed by atoms with E-state index in [0.717, 1.165) is 16.8 Å². The molecule has 3 nitrogen and oxygen atoms in total. The summed E-state index contributed by atoms with van der Waals surface area (Å²) in [6.45, 7) is 0. The Balaban J connectivity index is 1.96. The molecule has 0 saturated heterocycles. The van der Waals surface area contributed by atoms with E-state index in [-0.39, 0.29) is 5.75 Å². The van der Waals surface area contributed by atoms with E-state index in [4.69, 9.17) is 0 Å². The topological polar surface area (TPSA) is 56.9 Å². The Labute approximate surface area is 132 Å². The molecule has 2 aromatic carbocycles. The zero-order chi connectivity index (χ0) is 15.4. The SMILES string of the molecule is N#C/C(=C\c1cccc(O)c1)c1nc(-c2ccccc2)cs1. The number of rotatable bonds is 3. The van der Waals surface area contributed by atoms with Crippen molar-refractivity contribution in [1.82, 2.24) is 4.98 Å². The minimum Gasteiger partial charge on any atom is -0.508 e. The Hall–Kier alpha value is -2.90. The average molecular weight is 304 g/mol. The molecular formula is C18H12N2OS. The molecule has 0 radical (unpaired) electrons. The molecule has 4 heteroatoms. The van der Waals surface area contributed by atoms with Crippen LogP contribution in [0.4, 0.5) is 0 Å². The fourth-order valence-electron chi connectivity index (χ4n) is 2.06. The second-order valence-electron chi connectivity index (χ2n) is 4.67. The number of aromatic nitrogens is 1. The minimum atomic E-state index is 0.176. The van der Waals surface area contributed by atoms with Gasteiger partial charge in [0.1, 0.15) is 16.8 Å². The summed E-state index contributed by atoms with van der Waals surface area (Å²) in [4.78, 5) is 4.54. The van der Waals surface area contributed by atoms with Gasteiger partial charge in [0.05, 0.1) is 11.3 Å². The molecule has 22 heavy (non-hydrogen) atoms. The maximum atomic E-state index is 9.50. The van der Waals surface area contributed by atoms with Gasteiger partial charge in [-0.05, 0) is 23.8 Å². The summed E-state index contributed by atoms with van der Waals surface area (Å²) in [5, 5.41) is 21.5. The molecule has 0 saturated carbocycles. The van der Waals surface area contributed by atoms with Gasteiger partial charge in [-0.1, -0.05) is 42.5 Å². The van der Waals surface area contributed by atoms with Crippen LogP contribution in [-0.4, -0.2) is 10.1 Å². The van der Waals surface area contributed by atoms with Crippen LogP contribution in [0.25, 0.3) is 22.9 Å². The number of aromatic hydroxyl groups is 1. The summed E-state index contributed by atoms with van der Waals surface area (Å²) < 4.78 is 0. The van der Waals surface area contributed by atoms with Gasteiger partial charge in [0.2, 0.25) is 0 Å². The van der Waals surface area contributed by atoms with E-state index in [1.54, 1.807) is 24.3 Å². The Morgan fingerprint density at radius 2 is 1.95 bits per heavy atom. The Kier molecular flexibility index (Phi) is 3.99. The molecule has 0 aliphatic heterocycles. The lowest BCUT2D eigenvalue weighted by Crippen LogP contribution is -1.82. The van der Waals surface area contributed by atoms with Gasteiger partial charge in [-0.3, -0.25) is 0 Å². The number of phenols is 1. The fourth-order valence-corrected chi connectivity index (χ4v) is 2.86. The van der Waals surface area contributed by atoms with Crippen molar-refractivity contribution in [3.8, 4) is 23.1 Å². The third-order valence-corrected chi connectivity index (χ3v) is 3.98. The molecule has 1 heterocycles. The van der Waals surface area contributed by atoms with Gasteiger partial charge in [-0.15, -0.1) is 11.3 Å². The molecule has 0 spiro atoms. The minimum absolute atomic E-state index is 0.176. The highest BCUT2D eigenvalue weighted by Crippen LogP contribution is 2.27. The van der Waals surface area contributed by atoms with Gasteiger partial charge < -0.3 is 5.11 Å². The van der Waals surface area contributed by atoms with Crippen LogP contribution in [0, 0.1) is 11.3 Å². The molecule has 0 atom stereocenters. The van der Waals surface area contributed by atoms with Gasteiger partial charge in [0, 0.05) is 10.9 Å². The van der Waals surface area contributed by atoms with Crippen LogP contribution in [0.2, 0.25) is 0 Å². The normalized spacial score (nSPS) is 11.1. The standard InChI is InChI=1S/C18H12N2OS/c19-11-15(9-13-5-4-8-16(21)10-13)18-20-17(12-22-18)14-6-2-1-3-7-14/h1-10,12,21H/b15-9+. The van der Waals surface area contributed by atoms with E-state index in [2.05, 4.69) is 11.1 Å². The highest BCUT2D eigenvalue weighted by molar-refractivity contribution is 7.11. The third-order valence-electron chi connectivity index (χ3n) is 3.11. The van der Waals surface area contributed by atoms with Gasteiger partial charge in [0.15, 0.2) is 0 Å². The van der Waals surface area contributed by atoms with Crippen molar-refractivity contribution < 1.29 is 5.11 Å². The van der Waals surface area contributed by atoms with Crippen molar-refractivity contribution in [3.63, 3.8) is 0 Å². The molecule has 106 valence electrons. The molecule has 0 fully saturated rings. The predicted octanol–water partition coefficient (Wildman–Crippen LogP) is 4.58. The van der Waals surface area contributed by atoms with Crippen molar-refractivity contribution in [2.45, 2.75) is 0 Å². The highest BCUT2D eigenvalue weighted by Gasteiger charge is 2.09. The summed E-state index contributed by atoms with van der Waals surface area (Å²) >= 11 is 1.44. The van der Waals surface area contributed by atoms with Crippen LogP contribution in [-0.2, 0) is 0 Å². The van der Waals surface area contributed by atoms with Crippen molar-refractivity contribution in [2.75, 3.05) is 0 Å². The number of allylic oxidation sites excluding steroid dienone is 1. The zero-order valence-corrected chi connectivity index (χ0v) is 12.4. The number of benzene rings is 2. The molecule has 3 aromatic rings. The fraction of sp³-hybridized carbons (Fsp3) is 0. The quantitative estimate of drug-likeness (QED) is 0.720. The molecule has 0 amide bonds. The summed E-state index contributed by atoms with van der Waals surface area (Å²) in [7, 11) is 0. The highest BCUT2D eigenvalue weighted by atomic mass is 32.1. The lowest BCUT2D eigenvalue weighted by atomic mass is 10.1. The number of nitrogens with zero attached hydrogens (tertiary/aromatic N) is 2. The van der Waals surface area contributed by atoms with E-state index in [1.165, 1.54) is 11.3 Å². The molecule has 1 N–H and O–H groups in total. The van der Waals surface area contributed by atoms with Crippen LogP contribution >= 0.6 is 11.3 Å². The average Bonchev–Trinajstić information content (AvgIpc) is 3.03. The van der Waals surface area contributed by atoms with Crippen molar-refractivity contribution in [1.29, 1.82) is 5.26 Å². The second-order valence-corrected chi connectivity index (χ2v) is 5.53. The Bertz CT molecular complexity index is 860. The van der Waals surface area contributed by atoms with E-state index in [9.17, 15) is 10.4 Å². The molecule has 0 bridgehead atoms. The molecule has 3 rings (SSSR count). The Morgan fingerprint density at radius 1 is 1.14 bits per heavy atom. The van der Waals surface area contributed by atoms with E-state index >= 15 is 0 Å². The number of hydrogen-bond donors (Lipinski definition) is 1. The van der Waals surface area contributed by atoms with Crippen LogP contribution in [0.3, 0.4) is 0 Å². The monoisotopic (exact) mass is 304 g/mol.